The summed E-state index contributed by atoms with van der Waals surface area (Å²) in [6.07, 6.45) is 8.01. The van der Waals surface area contributed by atoms with E-state index in [9.17, 15) is 0 Å². The van der Waals surface area contributed by atoms with Gasteiger partial charge in [-0.25, -0.2) is 4.68 Å². The molecule has 1 N–H and O–H groups in total. The van der Waals surface area contributed by atoms with Crippen LogP contribution < -0.4 is 5.32 Å². The van der Waals surface area contributed by atoms with Crippen LogP contribution in [-0.4, -0.2) is 38.8 Å². The second-order valence-electron chi connectivity index (χ2n) is 6.31. The van der Waals surface area contributed by atoms with Crippen LogP contribution >= 0.6 is 0 Å². The zero-order valence-electron chi connectivity index (χ0n) is 13.4. The maximum atomic E-state index is 4.39. The van der Waals surface area contributed by atoms with Crippen LogP contribution in [0.25, 0.3) is 0 Å². The zero-order valence-corrected chi connectivity index (χ0v) is 13.4. The van der Waals surface area contributed by atoms with Crippen molar-refractivity contribution in [3.8, 4) is 0 Å². The van der Waals surface area contributed by atoms with Crippen molar-refractivity contribution in [2.45, 2.75) is 45.3 Å². The molecule has 3 heterocycles. The van der Waals surface area contributed by atoms with Gasteiger partial charge in [0, 0.05) is 50.2 Å². The molecule has 1 aliphatic heterocycles. The van der Waals surface area contributed by atoms with Gasteiger partial charge in [-0.15, -0.1) is 0 Å². The van der Waals surface area contributed by atoms with Gasteiger partial charge in [-0.2, -0.15) is 5.10 Å². The first-order chi connectivity index (χ1) is 10.7. The lowest BCUT2D eigenvalue weighted by Gasteiger charge is -2.33. The van der Waals surface area contributed by atoms with E-state index < -0.39 is 0 Å². The Morgan fingerprint density at radius 3 is 2.73 bits per heavy atom. The SMILES string of the molecule is CC(C)n1nccc1NC1CCN(Cc2cccnc2)CC1. The maximum absolute atomic E-state index is 4.39. The van der Waals surface area contributed by atoms with Crippen LogP contribution in [0, 0.1) is 0 Å². The summed E-state index contributed by atoms with van der Waals surface area (Å²) in [4.78, 5) is 6.70. The summed E-state index contributed by atoms with van der Waals surface area (Å²) < 4.78 is 2.06. The maximum Gasteiger partial charge on any atom is 0.124 e. The fraction of sp³-hybridized carbons (Fsp3) is 0.529. The topological polar surface area (TPSA) is 46.0 Å². The van der Waals surface area contributed by atoms with Gasteiger partial charge in [-0.05, 0) is 38.3 Å². The summed E-state index contributed by atoms with van der Waals surface area (Å²) in [5, 5.41) is 8.05. The molecule has 0 amide bonds. The van der Waals surface area contributed by atoms with Gasteiger partial charge in [0.15, 0.2) is 0 Å². The summed E-state index contributed by atoms with van der Waals surface area (Å²) in [6, 6.07) is 7.17. The molecule has 118 valence electrons. The number of aromatic nitrogens is 3. The molecule has 1 aliphatic rings. The summed E-state index contributed by atoms with van der Waals surface area (Å²) in [5.74, 6) is 1.14. The van der Waals surface area contributed by atoms with E-state index in [1.165, 1.54) is 18.4 Å². The highest BCUT2D eigenvalue weighted by molar-refractivity contribution is 5.35. The molecule has 0 aliphatic carbocycles. The van der Waals surface area contributed by atoms with Gasteiger partial charge in [0.1, 0.15) is 5.82 Å². The molecule has 0 bridgehead atoms. The van der Waals surface area contributed by atoms with Crippen molar-refractivity contribution in [1.29, 1.82) is 0 Å². The summed E-state index contributed by atoms with van der Waals surface area (Å²) >= 11 is 0. The van der Waals surface area contributed by atoms with Crippen molar-refractivity contribution in [2.24, 2.45) is 0 Å². The predicted octanol–water partition coefficient (Wildman–Crippen LogP) is 2.94. The van der Waals surface area contributed by atoms with Gasteiger partial charge >= 0.3 is 0 Å². The van der Waals surface area contributed by atoms with E-state index in [1.54, 1.807) is 0 Å². The normalized spacial score (nSPS) is 17.0. The molecule has 2 aromatic heterocycles. The third-order valence-electron chi connectivity index (χ3n) is 4.23. The Balaban J connectivity index is 1.50. The number of nitrogens with one attached hydrogen (secondary N) is 1. The molecule has 5 nitrogen and oxygen atoms in total. The minimum Gasteiger partial charge on any atom is -0.367 e. The van der Waals surface area contributed by atoms with Gasteiger partial charge in [0.25, 0.3) is 0 Å². The van der Waals surface area contributed by atoms with Crippen molar-refractivity contribution < 1.29 is 0 Å². The third-order valence-corrected chi connectivity index (χ3v) is 4.23. The van der Waals surface area contributed by atoms with Gasteiger partial charge < -0.3 is 5.32 Å². The van der Waals surface area contributed by atoms with E-state index in [0.717, 1.165) is 25.5 Å². The first-order valence-electron chi connectivity index (χ1n) is 8.13. The predicted molar refractivity (Wildman–Crippen MR) is 88.8 cm³/mol. The van der Waals surface area contributed by atoms with Crippen LogP contribution in [-0.2, 0) is 6.54 Å². The lowest BCUT2D eigenvalue weighted by atomic mass is 10.0. The molecule has 0 aromatic carbocycles. The third kappa shape index (κ3) is 3.65. The Morgan fingerprint density at radius 1 is 1.23 bits per heavy atom. The van der Waals surface area contributed by atoms with Crippen LogP contribution in [0.2, 0.25) is 0 Å². The van der Waals surface area contributed by atoms with Crippen LogP contribution in [0.5, 0.6) is 0 Å². The minimum atomic E-state index is 0.392. The standard InChI is InChI=1S/C17H25N5/c1-14(2)22-17(5-9-19-22)20-16-6-10-21(11-7-16)13-15-4-3-8-18-12-15/h3-5,8-9,12,14,16,20H,6-7,10-11,13H2,1-2H3. The monoisotopic (exact) mass is 299 g/mol. The lowest BCUT2D eigenvalue weighted by molar-refractivity contribution is 0.210. The molecular formula is C17H25N5. The van der Waals surface area contributed by atoms with E-state index in [4.69, 9.17) is 0 Å². The van der Waals surface area contributed by atoms with E-state index in [-0.39, 0.29) is 0 Å². The number of pyridine rings is 1. The van der Waals surface area contributed by atoms with Gasteiger partial charge in [0.05, 0.1) is 6.20 Å². The number of anilines is 1. The van der Waals surface area contributed by atoms with E-state index >= 15 is 0 Å². The van der Waals surface area contributed by atoms with Crippen molar-refractivity contribution in [3.05, 3.63) is 42.4 Å². The summed E-state index contributed by atoms with van der Waals surface area (Å²) in [6.45, 7) is 7.58. The van der Waals surface area contributed by atoms with Crippen LogP contribution in [0.4, 0.5) is 5.82 Å². The second kappa shape index (κ2) is 6.92. The summed E-state index contributed by atoms with van der Waals surface area (Å²) in [5.41, 5.74) is 1.30. The number of rotatable bonds is 5. The lowest BCUT2D eigenvalue weighted by Crippen LogP contribution is -2.39. The van der Waals surface area contributed by atoms with Crippen molar-refractivity contribution >= 4 is 5.82 Å². The number of hydrogen-bond donors (Lipinski definition) is 1. The number of likely N-dealkylation sites (tertiary alicyclic amines) is 1. The highest BCUT2D eigenvalue weighted by Crippen LogP contribution is 2.19. The smallest absolute Gasteiger partial charge is 0.124 e. The molecule has 0 unspecified atom stereocenters. The molecular weight excluding hydrogens is 274 g/mol. The summed E-state index contributed by atoms with van der Waals surface area (Å²) in [7, 11) is 0. The van der Waals surface area contributed by atoms with E-state index in [2.05, 4.69) is 51.0 Å². The van der Waals surface area contributed by atoms with Gasteiger partial charge in [-0.3, -0.25) is 9.88 Å². The van der Waals surface area contributed by atoms with Crippen LogP contribution in [0.1, 0.15) is 38.3 Å². The Hall–Kier alpha value is -1.88. The Morgan fingerprint density at radius 2 is 2.05 bits per heavy atom. The van der Waals surface area contributed by atoms with E-state index in [1.807, 2.05) is 24.7 Å². The minimum absolute atomic E-state index is 0.392. The Labute approximate surface area is 132 Å². The Bertz CT molecular complexity index is 570. The van der Waals surface area contributed by atoms with Crippen LogP contribution in [0.15, 0.2) is 36.8 Å². The molecule has 0 atom stereocenters. The molecule has 0 saturated carbocycles. The van der Waals surface area contributed by atoms with Gasteiger partial charge in [0.2, 0.25) is 0 Å². The Kier molecular flexibility index (Phi) is 4.73. The second-order valence-corrected chi connectivity index (χ2v) is 6.31. The molecule has 2 aromatic rings. The molecule has 1 saturated heterocycles. The molecule has 5 heteroatoms. The largest absolute Gasteiger partial charge is 0.367 e. The first-order valence-corrected chi connectivity index (χ1v) is 8.13. The molecule has 0 radical (unpaired) electrons. The van der Waals surface area contributed by atoms with Crippen molar-refractivity contribution in [3.63, 3.8) is 0 Å². The fourth-order valence-corrected chi connectivity index (χ4v) is 3.03. The molecule has 3 rings (SSSR count). The molecule has 0 spiro atoms. The molecule has 1 fully saturated rings. The van der Waals surface area contributed by atoms with Crippen molar-refractivity contribution in [2.75, 3.05) is 18.4 Å². The highest BCUT2D eigenvalue weighted by Gasteiger charge is 2.20. The zero-order chi connectivity index (χ0) is 15.4. The van der Waals surface area contributed by atoms with Gasteiger partial charge in [-0.1, -0.05) is 6.07 Å². The number of nitrogens with zero attached hydrogens (tertiary/aromatic N) is 4. The number of piperidine rings is 1. The average Bonchev–Trinajstić information content (AvgIpc) is 2.99. The first kappa shape index (κ1) is 15.0. The van der Waals surface area contributed by atoms with Crippen LogP contribution in [0.3, 0.4) is 0 Å². The highest BCUT2D eigenvalue weighted by atomic mass is 15.3. The van der Waals surface area contributed by atoms with Crippen molar-refractivity contribution in [1.82, 2.24) is 19.7 Å². The fourth-order valence-electron chi connectivity index (χ4n) is 3.03. The average molecular weight is 299 g/mol. The number of hydrogen-bond acceptors (Lipinski definition) is 4. The van der Waals surface area contributed by atoms with E-state index in [0.29, 0.717) is 12.1 Å². The quantitative estimate of drug-likeness (QED) is 0.922. The molecule has 22 heavy (non-hydrogen) atoms.